The number of anilines is 1. The summed E-state index contributed by atoms with van der Waals surface area (Å²) in [5, 5.41) is 11.5. The molecule has 8 heteroatoms. The number of methoxy groups -OCH3 is 1. The first kappa shape index (κ1) is 20.1. The van der Waals surface area contributed by atoms with E-state index in [1.807, 2.05) is 22.6 Å². The number of ether oxygens (including phenoxy) is 1. The fourth-order valence-corrected chi connectivity index (χ4v) is 3.25. The highest BCUT2D eigenvalue weighted by atomic mass is 16.6. The van der Waals surface area contributed by atoms with Crippen LogP contribution in [-0.4, -0.2) is 39.4 Å². The van der Waals surface area contributed by atoms with Gasteiger partial charge in [-0.2, -0.15) is 0 Å². The third kappa shape index (κ3) is 4.12. The molecule has 0 unspecified atom stereocenters. The van der Waals surface area contributed by atoms with Crippen molar-refractivity contribution in [2.45, 2.75) is 6.54 Å². The first-order valence-corrected chi connectivity index (χ1v) is 9.02. The maximum atomic E-state index is 11.5. The van der Waals surface area contributed by atoms with Crippen LogP contribution in [-0.2, 0) is 6.54 Å². The van der Waals surface area contributed by atoms with E-state index in [2.05, 4.69) is 18.1 Å². The monoisotopic (exact) mass is 393 g/mol. The van der Waals surface area contributed by atoms with Crippen LogP contribution in [0.2, 0.25) is 0 Å². The van der Waals surface area contributed by atoms with Crippen LogP contribution in [0.1, 0.15) is 5.69 Å². The second-order valence-electron chi connectivity index (χ2n) is 6.51. The van der Waals surface area contributed by atoms with Crippen molar-refractivity contribution >= 4 is 17.0 Å². The van der Waals surface area contributed by atoms with Crippen LogP contribution in [0.15, 0.2) is 61.8 Å². The number of nitrogens with two attached hydrogens (primary N) is 1. The minimum Gasteiger partial charge on any atom is -0.490 e. The van der Waals surface area contributed by atoms with E-state index >= 15 is 0 Å². The molecule has 0 aliphatic carbocycles. The van der Waals surface area contributed by atoms with Gasteiger partial charge in [-0.05, 0) is 24.3 Å². The second-order valence-corrected chi connectivity index (χ2v) is 6.51. The topological polar surface area (TPSA) is 98.9 Å². The lowest BCUT2D eigenvalue weighted by Crippen LogP contribution is -2.24. The number of rotatable bonds is 9. The minimum atomic E-state index is -0.461. The summed E-state index contributed by atoms with van der Waals surface area (Å²) >= 11 is 0. The van der Waals surface area contributed by atoms with Gasteiger partial charge in [0.05, 0.1) is 23.4 Å². The predicted octanol–water partition coefficient (Wildman–Crippen LogP) is 3.67. The maximum absolute atomic E-state index is 11.5. The van der Waals surface area contributed by atoms with Gasteiger partial charge in [-0.15, -0.1) is 13.2 Å². The molecule has 0 spiro atoms. The Labute approximate surface area is 168 Å². The number of nitro groups is 1. The third-order valence-corrected chi connectivity index (χ3v) is 4.54. The van der Waals surface area contributed by atoms with Crippen molar-refractivity contribution in [2.24, 2.45) is 0 Å². The Balaban J connectivity index is 2.19. The van der Waals surface area contributed by atoms with E-state index < -0.39 is 4.92 Å². The number of hydrogen-bond acceptors (Lipinski definition) is 6. The number of hydrogen-bond donors (Lipinski definition) is 1. The molecule has 150 valence electrons. The first-order valence-electron chi connectivity index (χ1n) is 9.02. The van der Waals surface area contributed by atoms with Crippen molar-refractivity contribution in [1.29, 1.82) is 0 Å². The fraction of sp³-hybridized carbons (Fsp3) is 0.190. The molecule has 0 aliphatic heterocycles. The summed E-state index contributed by atoms with van der Waals surface area (Å²) in [6.07, 6.45) is 5.44. The van der Waals surface area contributed by atoms with Gasteiger partial charge >= 0.3 is 5.69 Å². The molecular formula is C21H23N5O3. The normalized spacial score (nSPS) is 11.0. The van der Waals surface area contributed by atoms with Crippen molar-refractivity contribution in [3.8, 4) is 17.0 Å². The quantitative estimate of drug-likeness (QED) is 0.338. The van der Waals surface area contributed by atoms with Crippen LogP contribution >= 0.6 is 0 Å². The zero-order valence-corrected chi connectivity index (χ0v) is 16.2. The number of nitro benzene ring substituents is 1. The molecule has 0 saturated carbocycles. The Morgan fingerprint density at radius 2 is 2.00 bits per heavy atom. The molecule has 0 bridgehead atoms. The highest BCUT2D eigenvalue weighted by Crippen LogP contribution is 2.34. The van der Waals surface area contributed by atoms with E-state index in [-0.39, 0.29) is 11.4 Å². The lowest BCUT2D eigenvalue weighted by Gasteiger charge is -2.19. The number of nitrogen functional groups attached to an aromatic ring is 1. The molecule has 2 N–H and O–H groups in total. The van der Waals surface area contributed by atoms with Crippen LogP contribution < -0.4 is 10.5 Å². The predicted molar refractivity (Wildman–Crippen MR) is 114 cm³/mol. The molecule has 0 saturated heterocycles. The van der Waals surface area contributed by atoms with E-state index in [0.29, 0.717) is 42.2 Å². The highest BCUT2D eigenvalue weighted by molar-refractivity contribution is 5.71. The summed E-state index contributed by atoms with van der Waals surface area (Å²) in [7, 11) is 1.41. The van der Waals surface area contributed by atoms with Gasteiger partial charge in [0.1, 0.15) is 5.65 Å². The summed E-state index contributed by atoms with van der Waals surface area (Å²) in [5.74, 6) is 0.202. The van der Waals surface area contributed by atoms with E-state index in [0.717, 1.165) is 5.69 Å². The highest BCUT2D eigenvalue weighted by Gasteiger charge is 2.21. The number of nitrogens with zero attached hydrogens (tertiary/aromatic N) is 4. The van der Waals surface area contributed by atoms with Crippen LogP contribution in [0.25, 0.3) is 16.9 Å². The smallest absolute Gasteiger partial charge is 0.311 e. The standard InChI is InChI=1S/C21H23N5O3/c1-4-10-24(11-5-2)14-18-21(23-20-9-7-16(22)13-25(18)20)15-6-8-19(29-3)17(12-15)26(27)28/h4-9,12-13H,1-2,10-11,14,22H2,3H3. The van der Waals surface area contributed by atoms with Crippen molar-refractivity contribution in [3.05, 3.63) is 77.6 Å². The number of aromatic nitrogens is 2. The van der Waals surface area contributed by atoms with Crippen LogP contribution in [0.4, 0.5) is 11.4 Å². The van der Waals surface area contributed by atoms with Crippen LogP contribution in [0.5, 0.6) is 5.75 Å². The molecule has 2 heterocycles. The largest absolute Gasteiger partial charge is 0.490 e. The zero-order chi connectivity index (χ0) is 21.0. The average molecular weight is 393 g/mol. The summed E-state index contributed by atoms with van der Waals surface area (Å²) in [6, 6.07) is 8.44. The summed E-state index contributed by atoms with van der Waals surface area (Å²) in [5.41, 5.74) is 9.34. The minimum absolute atomic E-state index is 0.110. The molecule has 3 rings (SSSR count). The third-order valence-electron chi connectivity index (χ3n) is 4.54. The van der Waals surface area contributed by atoms with Crippen LogP contribution in [0, 0.1) is 10.1 Å². The summed E-state index contributed by atoms with van der Waals surface area (Å²) < 4.78 is 7.03. The van der Waals surface area contributed by atoms with E-state index in [9.17, 15) is 10.1 Å². The van der Waals surface area contributed by atoms with Gasteiger partial charge in [0.2, 0.25) is 0 Å². The van der Waals surface area contributed by atoms with Gasteiger partial charge < -0.3 is 14.9 Å². The van der Waals surface area contributed by atoms with Crippen molar-refractivity contribution < 1.29 is 9.66 Å². The van der Waals surface area contributed by atoms with Gasteiger partial charge in [-0.25, -0.2) is 4.98 Å². The number of fused-ring (bicyclic) bond motifs is 1. The molecule has 3 aromatic rings. The zero-order valence-electron chi connectivity index (χ0n) is 16.2. The molecule has 0 aliphatic rings. The lowest BCUT2D eigenvalue weighted by atomic mass is 10.1. The molecule has 29 heavy (non-hydrogen) atoms. The molecule has 2 aromatic heterocycles. The summed E-state index contributed by atoms with van der Waals surface area (Å²) in [6.45, 7) is 9.48. The molecule has 8 nitrogen and oxygen atoms in total. The number of imidazole rings is 1. The van der Waals surface area contributed by atoms with Crippen LogP contribution in [0.3, 0.4) is 0 Å². The van der Waals surface area contributed by atoms with Gasteiger partial charge in [0, 0.05) is 43.1 Å². The Morgan fingerprint density at radius 3 is 2.62 bits per heavy atom. The lowest BCUT2D eigenvalue weighted by molar-refractivity contribution is -0.385. The second kappa shape index (κ2) is 8.57. The molecule has 0 fully saturated rings. The molecule has 1 aromatic carbocycles. The van der Waals surface area contributed by atoms with Gasteiger partial charge in [-0.1, -0.05) is 12.2 Å². The Kier molecular flexibility index (Phi) is 5.94. The van der Waals surface area contributed by atoms with Crippen molar-refractivity contribution in [1.82, 2.24) is 14.3 Å². The summed E-state index contributed by atoms with van der Waals surface area (Å²) in [4.78, 5) is 17.9. The molecule has 0 radical (unpaired) electrons. The van der Waals surface area contributed by atoms with Gasteiger partial charge in [0.25, 0.3) is 0 Å². The maximum Gasteiger partial charge on any atom is 0.311 e. The Morgan fingerprint density at radius 1 is 1.28 bits per heavy atom. The van der Waals surface area contributed by atoms with E-state index in [1.165, 1.54) is 13.2 Å². The number of pyridine rings is 1. The Hall–Kier alpha value is -3.65. The van der Waals surface area contributed by atoms with Gasteiger partial charge in [0.15, 0.2) is 5.75 Å². The Bertz CT molecular complexity index is 1060. The van der Waals surface area contributed by atoms with E-state index in [1.54, 1.807) is 24.4 Å². The average Bonchev–Trinajstić information content (AvgIpc) is 3.05. The first-order chi connectivity index (χ1) is 14.0. The SMILES string of the molecule is C=CCN(CC=C)Cc1c(-c2ccc(OC)c([N+](=O)[O-])c2)nc2ccc(N)cn12. The molecule has 0 amide bonds. The molecular weight excluding hydrogens is 370 g/mol. The fourth-order valence-electron chi connectivity index (χ4n) is 3.25. The van der Waals surface area contributed by atoms with Crippen molar-refractivity contribution in [3.63, 3.8) is 0 Å². The van der Waals surface area contributed by atoms with Gasteiger partial charge in [-0.3, -0.25) is 15.0 Å². The number of benzene rings is 1. The molecule has 0 atom stereocenters. The van der Waals surface area contributed by atoms with E-state index in [4.69, 9.17) is 15.5 Å². The van der Waals surface area contributed by atoms with Crippen molar-refractivity contribution in [2.75, 3.05) is 25.9 Å².